The number of alkyl halides is 3. The van der Waals surface area contributed by atoms with E-state index in [-0.39, 0.29) is 18.3 Å². The lowest BCUT2D eigenvalue weighted by atomic mass is 10.2. The van der Waals surface area contributed by atoms with Crippen LogP contribution in [0.15, 0.2) is 24.3 Å². The fourth-order valence-corrected chi connectivity index (χ4v) is 3.25. The molecule has 0 bridgehead atoms. The second kappa shape index (κ2) is 8.26. The first-order valence-electron chi connectivity index (χ1n) is 8.83. The lowest BCUT2D eigenvalue weighted by Crippen LogP contribution is -2.51. The largest absolute Gasteiger partial charge is 0.484 e. The number of nitrogens with zero attached hydrogens (tertiary/aromatic N) is 2. The summed E-state index contributed by atoms with van der Waals surface area (Å²) in [6.07, 6.45) is -1.94. The molecule has 1 atom stereocenters. The molecule has 0 spiro atoms. The number of hydrogen-bond donors (Lipinski definition) is 0. The molecule has 0 saturated carbocycles. The van der Waals surface area contributed by atoms with Crippen molar-refractivity contribution in [2.24, 2.45) is 0 Å². The summed E-state index contributed by atoms with van der Waals surface area (Å²) in [5.41, 5.74) is -0.787. The van der Waals surface area contributed by atoms with Crippen LogP contribution in [0.4, 0.5) is 13.2 Å². The van der Waals surface area contributed by atoms with Gasteiger partial charge in [-0.3, -0.25) is 9.69 Å². The van der Waals surface area contributed by atoms with E-state index < -0.39 is 11.7 Å². The molecule has 2 aliphatic heterocycles. The van der Waals surface area contributed by atoms with Gasteiger partial charge in [-0.2, -0.15) is 13.2 Å². The summed E-state index contributed by atoms with van der Waals surface area (Å²) in [6, 6.07) is 4.57. The first kappa shape index (κ1) is 19.0. The lowest BCUT2D eigenvalue weighted by molar-refractivity contribution is -0.137. The maximum Gasteiger partial charge on any atom is 0.416 e. The molecule has 1 unspecified atom stereocenters. The molecule has 2 heterocycles. The molecule has 2 saturated heterocycles. The summed E-state index contributed by atoms with van der Waals surface area (Å²) in [4.78, 5) is 16.2. The van der Waals surface area contributed by atoms with Crippen molar-refractivity contribution in [3.05, 3.63) is 29.8 Å². The van der Waals surface area contributed by atoms with Crippen LogP contribution in [0.1, 0.15) is 18.4 Å². The molecule has 144 valence electrons. The fourth-order valence-electron chi connectivity index (χ4n) is 3.25. The number of hydrogen-bond acceptors (Lipinski definition) is 4. The third-order valence-electron chi connectivity index (χ3n) is 4.73. The van der Waals surface area contributed by atoms with Crippen LogP contribution in [0.3, 0.4) is 0 Å². The third kappa shape index (κ3) is 5.11. The molecule has 2 fully saturated rings. The summed E-state index contributed by atoms with van der Waals surface area (Å²) in [7, 11) is 0. The SMILES string of the molecule is O=C(COc1cccc(C(F)(F)F)c1)N1CCN(CC2CCCO2)CC1. The molecule has 0 aromatic heterocycles. The van der Waals surface area contributed by atoms with E-state index in [9.17, 15) is 18.0 Å². The van der Waals surface area contributed by atoms with Gasteiger partial charge in [-0.1, -0.05) is 6.07 Å². The number of ether oxygens (including phenoxy) is 2. The van der Waals surface area contributed by atoms with Crippen LogP contribution in [-0.4, -0.2) is 67.7 Å². The first-order valence-corrected chi connectivity index (χ1v) is 8.83. The Morgan fingerprint density at radius 3 is 2.65 bits per heavy atom. The van der Waals surface area contributed by atoms with Gasteiger partial charge in [0, 0.05) is 39.3 Å². The Morgan fingerprint density at radius 2 is 2.00 bits per heavy atom. The Bertz CT molecular complexity index is 610. The zero-order chi connectivity index (χ0) is 18.6. The van der Waals surface area contributed by atoms with Crippen molar-refractivity contribution in [3.63, 3.8) is 0 Å². The van der Waals surface area contributed by atoms with Gasteiger partial charge in [-0.15, -0.1) is 0 Å². The minimum absolute atomic E-state index is 0.0465. The Kier molecular flexibility index (Phi) is 6.03. The maximum absolute atomic E-state index is 12.7. The molecule has 0 N–H and O–H groups in total. The molecular weight excluding hydrogens is 349 g/mol. The topological polar surface area (TPSA) is 42.0 Å². The fraction of sp³-hybridized carbons (Fsp3) is 0.611. The van der Waals surface area contributed by atoms with Gasteiger partial charge >= 0.3 is 6.18 Å². The van der Waals surface area contributed by atoms with Gasteiger partial charge in [-0.25, -0.2) is 0 Å². The number of carbonyl (C=O) groups excluding carboxylic acids is 1. The van der Waals surface area contributed by atoms with E-state index in [4.69, 9.17) is 9.47 Å². The predicted octanol–water partition coefficient (Wildman–Crippen LogP) is 2.41. The highest BCUT2D eigenvalue weighted by Gasteiger charge is 2.31. The van der Waals surface area contributed by atoms with Gasteiger partial charge in [-0.05, 0) is 31.0 Å². The van der Waals surface area contributed by atoms with Gasteiger partial charge in [0.1, 0.15) is 5.75 Å². The Balaban J connectivity index is 1.43. The number of benzene rings is 1. The Hall–Kier alpha value is -1.80. The summed E-state index contributed by atoms with van der Waals surface area (Å²) >= 11 is 0. The number of halogens is 3. The number of carbonyl (C=O) groups is 1. The van der Waals surface area contributed by atoms with Crippen LogP contribution in [0.2, 0.25) is 0 Å². The number of amides is 1. The van der Waals surface area contributed by atoms with Crippen LogP contribution >= 0.6 is 0 Å². The van der Waals surface area contributed by atoms with Gasteiger partial charge < -0.3 is 14.4 Å². The van der Waals surface area contributed by atoms with Gasteiger partial charge in [0.25, 0.3) is 5.91 Å². The molecule has 1 amide bonds. The normalized spacial score (nSPS) is 21.8. The smallest absolute Gasteiger partial charge is 0.416 e. The van der Waals surface area contributed by atoms with Crippen molar-refractivity contribution in [1.29, 1.82) is 0 Å². The molecule has 0 aliphatic carbocycles. The predicted molar refractivity (Wildman–Crippen MR) is 88.9 cm³/mol. The molecule has 0 radical (unpaired) electrons. The molecule has 3 rings (SSSR count). The summed E-state index contributed by atoms with van der Waals surface area (Å²) < 4.78 is 49.0. The highest BCUT2D eigenvalue weighted by Crippen LogP contribution is 2.31. The highest BCUT2D eigenvalue weighted by molar-refractivity contribution is 5.77. The van der Waals surface area contributed by atoms with Crippen molar-refractivity contribution in [1.82, 2.24) is 9.80 Å². The molecule has 5 nitrogen and oxygen atoms in total. The van der Waals surface area contributed by atoms with E-state index in [2.05, 4.69) is 4.90 Å². The lowest BCUT2D eigenvalue weighted by Gasteiger charge is -2.35. The molecule has 2 aliphatic rings. The number of rotatable bonds is 5. The minimum atomic E-state index is -4.43. The van der Waals surface area contributed by atoms with Gasteiger partial charge in [0.2, 0.25) is 0 Å². The van der Waals surface area contributed by atoms with Crippen molar-refractivity contribution >= 4 is 5.91 Å². The van der Waals surface area contributed by atoms with Gasteiger partial charge in [0.05, 0.1) is 11.7 Å². The van der Waals surface area contributed by atoms with E-state index in [1.165, 1.54) is 12.1 Å². The van der Waals surface area contributed by atoms with Crippen LogP contribution in [0.25, 0.3) is 0 Å². The van der Waals surface area contributed by atoms with Crippen molar-refractivity contribution in [2.45, 2.75) is 25.1 Å². The Morgan fingerprint density at radius 1 is 1.23 bits per heavy atom. The summed E-state index contributed by atoms with van der Waals surface area (Å²) in [5.74, 6) is -0.163. The number of piperazine rings is 1. The monoisotopic (exact) mass is 372 g/mol. The molecule has 1 aromatic rings. The average Bonchev–Trinajstić information content (AvgIpc) is 3.13. The van der Waals surface area contributed by atoms with E-state index >= 15 is 0 Å². The zero-order valence-corrected chi connectivity index (χ0v) is 14.5. The minimum Gasteiger partial charge on any atom is -0.484 e. The van der Waals surface area contributed by atoms with Crippen molar-refractivity contribution in [3.8, 4) is 5.75 Å². The second-order valence-electron chi connectivity index (χ2n) is 6.63. The average molecular weight is 372 g/mol. The zero-order valence-electron chi connectivity index (χ0n) is 14.5. The summed E-state index contributed by atoms with van der Waals surface area (Å²) in [5, 5.41) is 0. The molecular formula is C18H23F3N2O3. The molecule has 26 heavy (non-hydrogen) atoms. The van der Waals surface area contributed by atoms with Crippen LogP contribution in [-0.2, 0) is 15.7 Å². The summed E-state index contributed by atoms with van der Waals surface area (Å²) in [6.45, 7) is 4.20. The van der Waals surface area contributed by atoms with Crippen LogP contribution in [0.5, 0.6) is 5.75 Å². The van der Waals surface area contributed by atoms with Crippen LogP contribution in [0, 0.1) is 0 Å². The Labute approximate surface area is 150 Å². The third-order valence-corrected chi connectivity index (χ3v) is 4.73. The standard InChI is InChI=1S/C18H23F3N2O3/c19-18(20,21)14-3-1-4-15(11-14)26-13-17(24)23-8-6-22(7-9-23)12-16-5-2-10-25-16/h1,3-4,11,16H,2,5-10,12-13H2. The van der Waals surface area contributed by atoms with Crippen molar-refractivity contribution < 1.29 is 27.4 Å². The van der Waals surface area contributed by atoms with E-state index in [0.29, 0.717) is 19.2 Å². The van der Waals surface area contributed by atoms with Crippen molar-refractivity contribution in [2.75, 3.05) is 45.9 Å². The molecule has 8 heteroatoms. The van der Waals surface area contributed by atoms with E-state index in [1.54, 1.807) is 4.90 Å². The van der Waals surface area contributed by atoms with Gasteiger partial charge in [0.15, 0.2) is 6.61 Å². The van der Waals surface area contributed by atoms with Crippen LogP contribution < -0.4 is 4.74 Å². The molecule has 1 aromatic carbocycles. The van der Waals surface area contributed by atoms with E-state index in [0.717, 1.165) is 51.2 Å². The highest BCUT2D eigenvalue weighted by atomic mass is 19.4. The van der Waals surface area contributed by atoms with E-state index in [1.807, 2.05) is 0 Å². The second-order valence-corrected chi connectivity index (χ2v) is 6.63. The quantitative estimate of drug-likeness (QED) is 0.796. The first-order chi connectivity index (χ1) is 12.4. The maximum atomic E-state index is 12.7.